The Hall–Kier alpha value is -3.66. The fraction of sp³-hybridized carbons (Fsp3) is 0.182. The van der Waals surface area contributed by atoms with E-state index in [0.717, 1.165) is 0 Å². The lowest BCUT2D eigenvalue weighted by Crippen LogP contribution is -2.23. The maximum atomic E-state index is 14.7. The molecule has 0 saturated heterocycles. The van der Waals surface area contributed by atoms with Gasteiger partial charge in [-0.2, -0.15) is 0 Å². The van der Waals surface area contributed by atoms with Crippen LogP contribution in [0.3, 0.4) is 0 Å². The van der Waals surface area contributed by atoms with Crippen LogP contribution in [0.5, 0.6) is 6.01 Å². The topological polar surface area (TPSA) is 97.2 Å². The summed E-state index contributed by atoms with van der Waals surface area (Å²) in [6, 6.07) is 9.00. The van der Waals surface area contributed by atoms with Crippen LogP contribution in [-0.4, -0.2) is 32.6 Å². The van der Waals surface area contributed by atoms with E-state index in [2.05, 4.69) is 20.3 Å². The van der Waals surface area contributed by atoms with E-state index in [4.69, 9.17) is 4.74 Å². The van der Waals surface area contributed by atoms with Crippen LogP contribution in [-0.2, 0) is 4.79 Å². The van der Waals surface area contributed by atoms with E-state index in [1.165, 1.54) is 41.9 Å². The van der Waals surface area contributed by atoms with Crippen molar-refractivity contribution >= 4 is 38.3 Å². The fourth-order valence-corrected chi connectivity index (χ4v) is 4.08. The van der Waals surface area contributed by atoms with Crippen molar-refractivity contribution in [2.75, 3.05) is 11.9 Å². The molecule has 1 saturated carbocycles. The lowest BCUT2D eigenvalue weighted by Gasteiger charge is -2.10. The first-order valence-electron chi connectivity index (χ1n) is 9.73. The van der Waals surface area contributed by atoms with Crippen LogP contribution in [0.1, 0.15) is 12.8 Å². The zero-order valence-corrected chi connectivity index (χ0v) is 17.3. The van der Waals surface area contributed by atoms with Crippen LogP contribution < -0.4 is 10.1 Å². The van der Waals surface area contributed by atoms with Crippen molar-refractivity contribution in [1.29, 1.82) is 0 Å². The number of fused-ring (bicyclic) bond motifs is 1. The van der Waals surface area contributed by atoms with Crippen molar-refractivity contribution in [3.63, 3.8) is 0 Å². The van der Waals surface area contributed by atoms with Gasteiger partial charge in [-0.25, -0.2) is 23.7 Å². The molecule has 0 amide bonds. The number of carboxylic acid groups (broad SMARTS) is 1. The summed E-state index contributed by atoms with van der Waals surface area (Å²) in [7, 11) is 0. The number of nitrogens with one attached hydrogen (secondary N) is 1. The number of aliphatic carboxylic acids is 1. The summed E-state index contributed by atoms with van der Waals surface area (Å²) in [5.74, 6) is -1.72. The number of thiazole rings is 1. The second-order valence-corrected chi connectivity index (χ2v) is 8.61. The first-order chi connectivity index (χ1) is 15.4. The van der Waals surface area contributed by atoms with Crippen LogP contribution >= 0.6 is 11.3 Å². The molecule has 0 unspecified atom stereocenters. The van der Waals surface area contributed by atoms with E-state index in [-0.39, 0.29) is 24.1 Å². The third-order valence-corrected chi connectivity index (χ3v) is 6.24. The van der Waals surface area contributed by atoms with E-state index >= 15 is 0 Å². The van der Waals surface area contributed by atoms with Crippen LogP contribution in [0.15, 0.2) is 48.8 Å². The van der Waals surface area contributed by atoms with Gasteiger partial charge in [0.05, 0.1) is 15.9 Å². The number of halogens is 2. The molecule has 0 spiro atoms. The SMILES string of the molecule is O=C(O)C1(COc2ncc(-c3ccc(Nc4nc5ccc(F)cc5s4)c(F)c3)cn2)CC1. The Morgan fingerprint density at radius 2 is 1.91 bits per heavy atom. The van der Waals surface area contributed by atoms with Gasteiger partial charge in [-0.15, -0.1) is 0 Å². The Morgan fingerprint density at radius 3 is 2.59 bits per heavy atom. The number of nitrogens with zero attached hydrogens (tertiary/aromatic N) is 3. The van der Waals surface area contributed by atoms with Gasteiger partial charge < -0.3 is 15.2 Å². The molecule has 1 aliphatic carbocycles. The Labute approximate surface area is 184 Å². The molecule has 32 heavy (non-hydrogen) atoms. The summed E-state index contributed by atoms with van der Waals surface area (Å²) in [6.45, 7) is 0.0229. The number of benzene rings is 2. The highest BCUT2D eigenvalue weighted by Crippen LogP contribution is 2.46. The molecular formula is C22H16F2N4O3S. The number of carbonyl (C=O) groups is 1. The number of hydrogen-bond acceptors (Lipinski definition) is 7. The maximum absolute atomic E-state index is 14.7. The van der Waals surface area contributed by atoms with Crippen molar-refractivity contribution in [1.82, 2.24) is 15.0 Å². The molecule has 0 aliphatic heterocycles. The smallest absolute Gasteiger partial charge is 0.316 e. The van der Waals surface area contributed by atoms with E-state index in [1.54, 1.807) is 18.2 Å². The Morgan fingerprint density at radius 1 is 1.12 bits per heavy atom. The van der Waals surface area contributed by atoms with Gasteiger partial charge in [-0.05, 0) is 48.7 Å². The van der Waals surface area contributed by atoms with Gasteiger partial charge in [0.25, 0.3) is 0 Å². The summed E-state index contributed by atoms with van der Waals surface area (Å²) in [5.41, 5.74) is 1.18. The molecule has 1 fully saturated rings. The Bertz CT molecular complexity index is 1320. The first-order valence-corrected chi connectivity index (χ1v) is 10.5. The van der Waals surface area contributed by atoms with E-state index < -0.39 is 17.2 Å². The summed E-state index contributed by atoms with van der Waals surface area (Å²) in [5, 5.41) is 12.6. The molecule has 162 valence electrons. The van der Waals surface area contributed by atoms with Crippen LogP contribution in [0.25, 0.3) is 21.3 Å². The van der Waals surface area contributed by atoms with Gasteiger partial charge in [0.2, 0.25) is 0 Å². The molecule has 10 heteroatoms. The summed E-state index contributed by atoms with van der Waals surface area (Å²) in [4.78, 5) is 23.7. The van der Waals surface area contributed by atoms with Crippen LogP contribution in [0.2, 0.25) is 0 Å². The van der Waals surface area contributed by atoms with Crippen molar-refractivity contribution in [2.45, 2.75) is 12.8 Å². The quantitative estimate of drug-likeness (QED) is 0.405. The lowest BCUT2D eigenvalue weighted by molar-refractivity contribution is -0.144. The molecule has 1 aliphatic rings. The zero-order chi connectivity index (χ0) is 22.3. The minimum Gasteiger partial charge on any atom is -0.481 e. The number of rotatable bonds is 7. The minimum absolute atomic E-state index is 0.0229. The average molecular weight is 454 g/mol. The predicted octanol–water partition coefficient (Wildman–Crippen LogP) is 5.02. The molecule has 5 rings (SSSR count). The van der Waals surface area contributed by atoms with Gasteiger partial charge in [-0.1, -0.05) is 17.4 Å². The normalized spacial score (nSPS) is 14.3. The summed E-state index contributed by atoms with van der Waals surface area (Å²) in [6.07, 6.45) is 4.14. The third-order valence-electron chi connectivity index (χ3n) is 5.31. The average Bonchev–Trinajstić information content (AvgIpc) is 3.48. The summed E-state index contributed by atoms with van der Waals surface area (Å²) < 4.78 is 34.1. The Kier molecular flexibility index (Phi) is 4.93. The van der Waals surface area contributed by atoms with Crippen molar-refractivity contribution in [2.24, 2.45) is 5.41 Å². The number of carboxylic acids is 1. The minimum atomic E-state index is -0.878. The lowest BCUT2D eigenvalue weighted by atomic mass is 10.1. The monoisotopic (exact) mass is 454 g/mol. The zero-order valence-electron chi connectivity index (χ0n) is 16.5. The Balaban J connectivity index is 1.28. The highest BCUT2D eigenvalue weighted by atomic mass is 32.1. The molecule has 2 heterocycles. The highest BCUT2D eigenvalue weighted by Gasteiger charge is 2.51. The highest BCUT2D eigenvalue weighted by molar-refractivity contribution is 7.22. The van der Waals surface area contributed by atoms with Crippen LogP contribution in [0, 0.1) is 17.0 Å². The second kappa shape index (κ2) is 7.79. The largest absolute Gasteiger partial charge is 0.481 e. The van der Waals surface area contributed by atoms with Crippen LogP contribution in [0.4, 0.5) is 19.6 Å². The number of anilines is 2. The molecule has 2 aromatic heterocycles. The maximum Gasteiger partial charge on any atom is 0.316 e. The molecular weight excluding hydrogens is 438 g/mol. The molecule has 2 N–H and O–H groups in total. The van der Waals surface area contributed by atoms with Gasteiger partial charge in [0.15, 0.2) is 5.13 Å². The van der Waals surface area contributed by atoms with Gasteiger partial charge >= 0.3 is 12.0 Å². The van der Waals surface area contributed by atoms with Crippen molar-refractivity contribution < 1.29 is 23.4 Å². The number of hydrogen-bond donors (Lipinski definition) is 2. The van der Waals surface area contributed by atoms with E-state index in [0.29, 0.717) is 39.3 Å². The number of aromatic nitrogens is 3. The van der Waals surface area contributed by atoms with Gasteiger partial charge in [-0.3, -0.25) is 4.79 Å². The molecule has 2 aromatic carbocycles. The number of ether oxygens (including phenoxy) is 1. The fourth-order valence-electron chi connectivity index (χ4n) is 3.18. The van der Waals surface area contributed by atoms with E-state index in [9.17, 15) is 18.7 Å². The first kappa shape index (κ1) is 20.3. The van der Waals surface area contributed by atoms with Crippen molar-refractivity contribution in [3.8, 4) is 17.1 Å². The predicted molar refractivity (Wildman–Crippen MR) is 115 cm³/mol. The molecule has 0 radical (unpaired) electrons. The second-order valence-electron chi connectivity index (χ2n) is 7.58. The molecule has 0 atom stereocenters. The van der Waals surface area contributed by atoms with Gasteiger partial charge in [0.1, 0.15) is 23.7 Å². The van der Waals surface area contributed by atoms with Crippen molar-refractivity contribution in [3.05, 3.63) is 60.4 Å². The molecule has 7 nitrogen and oxygen atoms in total. The molecule has 0 bridgehead atoms. The van der Waals surface area contributed by atoms with Gasteiger partial charge in [0, 0.05) is 18.0 Å². The van der Waals surface area contributed by atoms with E-state index in [1.807, 2.05) is 0 Å². The standard InChI is InChI=1S/C22H16F2N4O3S/c23-14-2-4-17-18(8-14)32-21(28-17)27-16-3-1-12(7-15(16)24)13-9-25-20(26-10-13)31-11-22(5-6-22)19(29)30/h1-4,7-10H,5-6,11H2,(H,27,28)(H,29,30). The third kappa shape index (κ3) is 3.96. The molecule has 4 aromatic rings. The summed E-state index contributed by atoms with van der Waals surface area (Å²) >= 11 is 1.23.